The highest BCUT2D eigenvalue weighted by molar-refractivity contribution is 5.47. The lowest BCUT2D eigenvalue weighted by atomic mass is 10.3. The third-order valence-electron chi connectivity index (χ3n) is 2.88. The van der Waals surface area contributed by atoms with E-state index in [2.05, 4.69) is 15.3 Å². The minimum Gasteiger partial charge on any atom is -0.378 e. The first-order chi connectivity index (χ1) is 8.83. The molecule has 0 atom stereocenters. The summed E-state index contributed by atoms with van der Waals surface area (Å²) in [5.74, 6) is 0. The zero-order chi connectivity index (χ0) is 12.4. The summed E-state index contributed by atoms with van der Waals surface area (Å²) in [6.45, 7) is 2.69. The van der Waals surface area contributed by atoms with Crippen molar-refractivity contribution in [2.45, 2.75) is 13.5 Å². The van der Waals surface area contributed by atoms with Gasteiger partial charge in [-0.15, -0.1) is 0 Å². The molecule has 0 spiro atoms. The van der Waals surface area contributed by atoms with Gasteiger partial charge in [0.05, 0.1) is 23.6 Å². The molecule has 0 aromatic carbocycles. The van der Waals surface area contributed by atoms with E-state index in [0.29, 0.717) is 6.54 Å². The number of hydrogen-bond donors (Lipinski definition) is 1. The lowest BCUT2D eigenvalue weighted by Gasteiger charge is -2.06. The highest BCUT2D eigenvalue weighted by atomic mass is 15.0. The molecule has 3 aromatic rings. The number of fused-ring (bicyclic) bond motifs is 1. The van der Waals surface area contributed by atoms with Gasteiger partial charge in [-0.1, -0.05) is 6.07 Å². The molecule has 0 aliphatic heterocycles. The van der Waals surface area contributed by atoms with Crippen LogP contribution in [0.3, 0.4) is 0 Å². The third-order valence-corrected chi connectivity index (χ3v) is 2.88. The Morgan fingerprint density at radius 3 is 3.00 bits per heavy atom. The quantitative estimate of drug-likeness (QED) is 0.762. The molecule has 0 radical (unpaired) electrons. The zero-order valence-corrected chi connectivity index (χ0v) is 10.2. The molecular weight excluding hydrogens is 224 g/mol. The second-order valence-corrected chi connectivity index (χ2v) is 4.19. The minimum atomic E-state index is 0.703. The van der Waals surface area contributed by atoms with Crippen molar-refractivity contribution in [3.8, 4) is 0 Å². The average Bonchev–Trinajstić information content (AvgIpc) is 2.80. The number of anilines is 1. The van der Waals surface area contributed by atoms with Crippen LogP contribution in [0.4, 0.5) is 5.69 Å². The summed E-state index contributed by atoms with van der Waals surface area (Å²) in [6.07, 6.45) is 5.83. The van der Waals surface area contributed by atoms with Crippen LogP contribution in [0, 0.1) is 6.92 Å². The van der Waals surface area contributed by atoms with E-state index in [9.17, 15) is 0 Å². The predicted octanol–water partition coefficient (Wildman–Crippen LogP) is 2.65. The number of rotatable bonds is 3. The molecule has 3 rings (SSSR count). The van der Waals surface area contributed by atoms with Crippen molar-refractivity contribution in [1.82, 2.24) is 14.4 Å². The summed E-state index contributed by atoms with van der Waals surface area (Å²) in [5, 5.41) is 3.35. The van der Waals surface area contributed by atoms with Gasteiger partial charge in [0.2, 0.25) is 0 Å². The molecule has 0 saturated carbocycles. The fourth-order valence-electron chi connectivity index (χ4n) is 1.93. The van der Waals surface area contributed by atoms with E-state index >= 15 is 0 Å². The van der Waals surface area contributed by atoms with Gasteiger partial charge in [-0.3, -0.25) is 4.98 Å². The lowest BCUT2D eigenvalue weighted by molar-refractivity contribution is 1.06. The van der Waals surface area contributed by atoms with Crippen LogP contribution in [0.1, 0.15) is 11.4 Å². The number of hydrogen-bond acceptors (Lipinski definition) is 3. The number of nitrogens with zero attached hydrogens (tertiary/aromatic N) is 3. The van der Waals surface area contributed by atoms with Crippen LogP contribution in [0.25, 0.3) is 5.65 Å². The molecule has 18 heavy (non-hydrogen) atoms. The molecule has 0 saturated heterocycles. The van der Waals surface area contributed by atoms with Crippen molar-refractivity contribution < 1.29 is 0 Å². The van der Waals surface area contributed by atoms with Crippen LogP contribution in [0.5, 0.6) is 0 Å². The maximum absolute atomic E-state index is 4.54. The van der Waals surface area contributed by atoms with Gasteiger partial charge in [-0.05, 0) is 31.2 Å². The van der Waals surface area contributed by atoms with Crippen LogP contribution >= 0.6 is 0 Å². The fourth-order valence-corrected chi connectivity index (χ4v) is 1.93. The van der Waals surface area contributed by atoms with E-state index < -0.39 is 0 Å². The molecule has 0 fully saturated rings. The van der Waals surface area contributed by atoms with Crippen molar-refractivity contribution in [2.24, 2.45) is 0 Å². The Hall–Kier alpha value is -2.36. The number of nitrogens with one attached hydrogen (secondary N) is 1. The number of aryl methyl sites for hydroxylation is 1. The Labute approximate surface area is 105 Å². The van der Waals surface area contributed by atoms with Crippen molar-refractivity contribution in [3.63, 3.8) is 0 Å². The maximum Gasteiger partial charge on any atom is 0.137 e. The van der Waals surface area contributed by atoms with Crippen LogP contribution in [-0.4, -0.2) is 14.4 Å². The highest BCUT2D eigenvalue weighted by Gasteiger charge is 2.02. The molecule has 4 nitrogen and oxygen atoms in total. The molecule has 4 heteroatoms. The fraction of sp³-hybridized carbons (Fsp3) is 0.143. The molecule has 0 amide bonds. The smallest absolute Gasteiger partial charge is 0.137 e. The van der Waals surface area contributed by atoms with E-state index in [0.717, 1.165) is 22.7 Å². The summed E-state index contributed by atoms with van der Waals surface area (Å²) < 4.78 is 2.02. The van der Waals surface area contributed by atoms with Crippen molar-refractivity contribution in [3.05, 3.63) is 60.3 Å². The third kappa shape index (κ3) is 2.05. The first-order valence-corrected chi connectivity index (χ1v) is 5.91. The number of aromatic nitrogens is 3. The minimum absolute atomic E-state index is 0.703. The van der Waals surface area contributed by atoms with E-state index in [1.54, 1.807) is 6.20 Å². The highest BCUT2D eigenvalue weighted by Crippen LogP contribution is 2.12. The Kier molecular flexibility index (Phi) is 2.68. The summed E-state index contributed by atoms with van der Waals surface area (Å²) in [6, 6.07) is 9.94. The second-order valence-electron chi connectivity index (χ2n) is 4.19. The van der Waals surface area contributed by atoms with E-state index in [1.165, 1.54) is 0 Å². The van der Waals surface area contributed by atoms with Gasteiger partial charge >= 0.3 is 0 Å². The monoisotopic (exact) mass is 238 g/mol. The zero-order valence-electron chi connectivity index (χ0n) is 10.2. The maximum atomic E-state index is 4.54. The van der Waals surface area contributed by atoms with Crippen molar-refractivity contribution in [1.29, 1.82) is 0 Å². The normalized spacial score (nSPS) is 10.7. The second kappa shape index (κ2) is 4.49. The van der Waals surface area contributed by atoms with Gasteiger partial charge in [0.15, 0.2) is 0 Å². The molecule has 0 unspecified atom stereocenters. The molecule has 3 aromatic heterocycles. The molecule has 0 bridgehead atoms. The predicted molar refractivity (Wildman–Crippen MR) is 71.5 cm³/mol. The van der Waals surface area contributed by atoms with Gasteiger partial charge in [0.25, 0.3) is 0 Å². The Balaban J connectivity index is 1.79. The Bertz CT molecular complexity index is 639. The van der Waals surface area contributed by atoms with Crippen LogP contribution in [-0.2, 0) is 6.54 Å². The summed E-state index contributed by atoms with van der Waals surface area (Å²) in [4.78, 5) is 8.78. The SMILES string of the molecule is Cc1ncccc1NCc1cn2ccccc2n1. The first-order valence-electron chi connectivity index (χ1n) is 5.91. The summed E-state index contributed by atoms with van der Waals surface area (Å²) >= 11 is 0. The van der Waals surface area contributed by atoms with Crippen LogP contribution in [0.15, 0.2) is 48.9 Å². The summed E-state index contributed by atoms with van der Waals surface area (Å²) in [7, 11) is 0. The van der Waals surface area contributed by atoms with E-state index in [4.69, 9.17) is 0 Å². The van der Waals surface area contributed by atoms with Gasteiger partial charge in [-0.25, -0.2) is 4.98 Å². The topological polar surface area (TPSA) is 42.2 Å². The van der Waals surface area contributed by atoms with E-state index in [1.807, 2.05) is 54.0 Å². The largest absolute Gasteiger partial charge is 0.378 e. The average molecular weight is 238 g/mol. The Morgan fingerprint density at radius 1 is 1.22 bits per heavy atom. The van der Waals surface area contributed by atoms with E-state index in [-0.39, 0.29) is 0 Å². The van der Waals surface area contributed by atoms with Gasteiger partial charge in [-0.2, -0.15) is 0 Å². The molecule has 0 aliphatic carbocycles. The number of pyridine rings is 2. The van der Waals surface area contributed by atoms with Crippen molar-refractivity contribution in [2.75, 3.05) is 5.32 Å². The molecule has 3 heterocycles. The van der Waals surface area contributed by atoms with Gasteiger partial charge < -0.3 is 9.72 Å². The first kappa shape index (κ1) is 10.8. The molecule has 90 valence electrons. The Morgan fingerprint density at radius 2 is 2.17 bits per heavy atom. The lowest BCUT2D eigenvalue weighted by Crippen LogP contribution is -2.01. The molecular formula is C14H14N4. The molecule has 1 N–H and O–H groups in total. The van der Waals surface area contributed by atoms with Crippen LogP contribution < -0.4 is 5.32 Å². The molecule has 0 aliphatic rings. The van der Waals surface area contributed by atoms with Gasteiger partial charge in [0, 0.05) is 18.6 Å². The van der Waals surface area contributed by atoms with Crippen molar-refractivity contribution >= 4 is 11.3 Å². The summed E-state index contributed by atoms with van der Waals surface area (Å²) in [5.41, 5.74) is 4.04. The van der Waals surface area contributed by atoms with Crippen LogP contribution in [0.2, 0.25) is 0 Å². The standard InChI is InChI=1S/C14H14N4/c1-11-13(5-4-7-15-11)16-9-12-10-18-8-3-2-6-14(18)17-12/h2-8,10,16H,9H2,1H3. The number of imidazole rings is 1. The van der Waals surface area contributed by atoms with Gasteiger partial charge in [0.1, 0.15) is 5.65 Å².